The number of carbonyl (C=O) groups is 1. The molecule has 0 saturated carbocycles. The molecule has 6 nitrogen and oxygen atoms in total. The molecule has 0 aliphatic heterocycles. The van der Waals surface area contributed by atoms with Crippen LogP contribution in [0.3, 0.4) is 0 Å². The van der Waals surface area contributed by atoms with Crippen LogP contribution in [0.15, 0.2) is 59.5 Å². The molecule has 26 heavy (non-hydrogen) atoms. The van der Waals surface area contributed by atoms with Gasteiger partial charge >= 0.3 is 0 Å². The van der Waals surface area contributed by atoms with Gasteiger partial charge in [-0.15, -0.1) is 0 Å². The lowest BCUT2D eigenvalue weighted by Crippen LogP contribution is -2.27. The first-order valence-corrected chi connectivity index (χ1v) is 8.29. The summed E-state index contributed by atoms with van der Waals surface area (Å²) in [5.74, 6) is -0.193. The maximum absolute atomic E-state index is 13.0. The zero-order valence-corrected chi connectivity index (χ0v) is 14.8. The third kappa shape index (κ3) is 2.30. The Balaban J connectivity index is 1.92. The molecule has 0 aliphatic carbocycles. The van der Waals surface area contributed by atoms with Gasteiger partial charge in [-0.1, -0.05) is 24.3 Å². The molecular weight excluding hydrogens is 328 g/mol. The summed E-state index contributed by atoms with van der Waals surface area (Å²) in [6.07, 6.45) is 1.70. The van der Waals surface area contributed by atoms with Crippen LogP contribution in [0.2, 0.25) is 0 Å². The summed E-state index contributed by atoms with van der Waals surface area (Å²) in [5.41, 5.74) is 3.04. The summed E-state index contributed by atoms with van der Waals surface area (Å²) in [4.78, 5) is 32.0. The van der Waals surface area contributed by atoms with Gasteiger partial charge < -0.3 is 9.47 Å². The van der Waals surface area contributed by atoms with Crippen LogP contribution in [0, 0.1) is 6.92 Å². The van der Waals surface area contributed by atoms with Gasteiger partial charge in [0.2, 0.25) is 0 Å². The number of pyridine rings is 1. The lowest BCUT2D eigenvalue weighted by Gasteiger charge is -2.17. The van der Waals surface area contributed by atoms with Gasteiger partial charge in [-0.05, 0) is 36.8 Å². The van der Waals surface area contributed by atoms with E-state index in [4.69, 9.17) is 0 Å². The molecule has 0 spiro atoms. The Labute approximate surface area is 149 Å². The Morgan fingerprint density at radius 1 is 1.08 bits per heavy atom. The van der Waals surface area contributed by atoms with E-state index in [1.54, 1.807) is 35.8 Å². The van der Waals surface area contributed by atoms with Crippen LogP contribution in [-0.2, 0) is 7.05 Å². The second kappa shape index (κ2) is 5.84. The molecular formula is C20H18N4O2. The molecule has 0 unspecified atom stereocenters. The second-order valence-electron chi connectivity index (χ2n) is 6.33. The molecule has 0 fully saturated rings. The predicted octanol–water partition coefficient (Wildman–Crippen LogP) is 2.77. The number of carbonyl (C=O) groups excluding carboxylic acids is 1. The molecule has 6 heteroatoms. The highest BCUT2D eigenvalue weighted by atomic mass is 16.2. The van der Waals surface area contributed by atoms with E-state index in [1.807, 2.05) is 49.4 Å². The van der Waals surface area contributed by atoms with Crippen LogP contribution in [0.4, 0.5) is 5.69 Å². The molecule has 1 amide bonds. The standard InChI is InChI=1S/C20H18N4O2/c1-13-8-7-11-24-17(13)21-18-15(19(24)25)12-16(23(18)3)20(26)22(2)14-9-5-4-6-10-14/h4-12H,1-3H3. The normalized spacial score (nSPS) is 11.2. The zero-order chi connectivity index (χ0) is 18.4. The Hall–Kier alpha value is -3.41. The molecule has 0 aliphatic rings. The lowest BCUT2D eigenvalue weighted by atomic mass is 10.2. The quantitative estimate of drug-likeness (QED) is 0.561. The minimum Gasteiger partial charge on any atom is -0.324 e. The number of benzene rings is 1. The molecule has 3 heterocycles. The summed E-state index contributed by atoms with van der Waals surface area (Å²) < 4.78 is 3.21. The van der Waals surface area contributed by atoms with Crippen molar-refractivity contribution in [2.45, 2.75) is 6.92 Å². The van der Waals surface area contributed by atoms with Crippen molar-refractivity contribution in [1.29, 1.82) is 0 Å². The monoisotopic (exact) mass is 346 g/mol. The number of anilines is 1. The van der Waals surface area contributed by atoms with Gasteiger partial charge in [-0.2, -0.15) is 0 Å². The Bertz CT molecular complexity index is 1210. The fourth-order valence-corrected chi connectivity index (χ4v) is 3.18. The average Bonchev–Trinajstić information content (AvgIpc) is 2.99. The van der Waals surface area contributed by atoms with Gasteiger partial charge in [0.15, 0.2) is 0 Å². The predicted molar refractivity (Wildman–Crippen MR) is 102 cm³/mol. The second-order valence-corrected chi connectivity index (χ2v) is 6.33. The van der Waals surface area contributed by atoms with Gasteiger partial charge in [0.05, 0.1) is 5.39 Å². The van der Waals surface area contributed by atoms with E-state index < -0.39 is 0 Å². The highest BCUT2D eigenvalue weighted by Gasteiger charge is 2.21. The van der Waals surface area contributed by atoms with E-state index in [2.05, 4.69) is 4.98 Å². The first-order chi connectivity index (χ1) is 12.5. The van der Waals surface area contributed by atoms with Crippen molar-refractivity contribution in [3.63, 3.8) is 0 Å². The number of aromatic nitrogens is 3. The van der Waals surface area contributed by atoms with Crippen molar-refractivity contribution in [2.24, 2.45) is 7.05 Å². The molecule has 0 bridgehead atoms. The Morgan fingerprint density at radius 2 is 1.81 bits per heavy atom. The SMILES string of the molecule is Cc1cccn2c(=O)c3cc(C(=O)N(C)c4ccccc4)n(C)c3nc12. The summed E-state index contributed by atoms with van der Waals surface area (Å²) in [5, 5.41) is 0.431. The van der Waals surface area contributed by atoms with Crippen LogP contribution < -0.4 is 10.5 Å². The molecule has 0 radical (unpaired) electrons. The topological polar surface area (TPSA) is 59.6 Å². The molecule has 130 valence electrons. The molecule has 0 N–H and O–H groups in total. The first kappa shape index (κ1) is 16.1. The van der Waals surface area contributed by atoms with Crippen molar-refractivity contribution >= 4 is 28.3 Å². The summed E-state index contributed by atoms with van der Waals surface area (Å²) in [6.45, 7) is 1.91. The third-order valence-corrected chi connectivity index (χ3v) is 4.69. The van der Waals surface area contributed by atoms with Crippen molar-refractivity contribution in [2.75, 3.05) is 11.9 Å². The van der Waals surface area contributed by atoms with Crippen LogP contribution in [0.1, 0.15) is 16.1 Å². The van der Waals surface area contributed by atoms with Crippen molar-refractivity contribution in [1.82, 2.24) is 14.0 Å². The highest BCUT2D eigenvalue weighted by molar-refractivity contribution is 6.07. The average molecular weight is 346 g/mol. The number of fused-ring (bicyclic) bond motifs is 2. The van der Waals surface area contributed by atoms with E-state index >= 15 is 0 Å². The van der Waals surface area contributed by atoms with Crippen molar-refractivity contribution in [3.05, 3.63) is 76.3 Å². The zero-order valence-electron chi connectivity index (χ0n) is 14.8. The maximum atomic E-state index is 13.0. The van der Waals surface area contributed by atoms with Gasteiger partial charge in [0, 0.05) is 26.0 Å². The molecule has 0 atom stereocenters. The van der Waals surface area contributed by atoms with E-state index in [0.29, 0.717) is 22.4 Å². The molecule has 0 saturated heterocycles. The van der Waals surface area contributed by atoms with E-state index in [-0.39, 0.29) is 11.5 Å². The smallest absolute Gasteiger partial charge is 0.274 e. The third-order valence-electron chi connectivity index (χ3n) is 4.69. The highest BCUT2D eigenvalue weighted by Crippen LogP contribution is 2.20. The lowest BCUT2D eigenvalue weighted by molar-refractivity contribution is 0.0985. The van der Waals surface area contributed by atoms with Gasteiger partial charge in [-0.3, -0.25) is 14.0 Å². The van der Waals surface area contributed by atoms with Crippen LogP contribution in [0.25, 0.3) is 16.7 Å². The number of hydrogen-bond acceptors (Lipinski definition) is 3. The van der Waals surface area contributed by atoms with E-state index in [1.165, 1.54) is 4.40 Å². The van der Waals surface area contributed by atoms with Gasteiger partial charge in [-0.25, -0.2) is 4.98 Å². The van der Waals surface area contributed by atoms with Crippen LogP contribution in [0.5, 0.6) is 0 Å². The fourth-order valence-electron chi connectivity index (χ4n) is 3.18. The van der Waals surface area contributed by atoms with Crippen LogP contribution >= 0.6 is 0 Å². The molecule has 3 aromatic heterocycles. The summed E-state index contributed by atoms with van der Waals surface area (Å²) >= 11 is 0. The number of nitrogens with zero attached hydrogens (tertiary/aromatic N) is 4. The van der Waals surface area contributed by atoms with Crippen molar-refractivity contribution in [3.8, 4) is 0 Å². The molecule has 4 rings (SSSR count). The molecule has 4 aromatic rings. The maximum Gasteiger partial charge on any atom is 0.274 e. The number of amides is 1. The first-order valence-electron chi connectivity index (χ1n) is 8.29. The number of para-hydroxylation sites is 1. The largest absolute Gasteiger partial charge is 0.324 e. The minimum absolute atomic E-state index is 0.175. The Morgan fingerprint density at radius 3 is 2.54 bits per heavy atom. The number of aryl methyl sites for hydroxylation is 2. The van der Waals surface area contributed by atoms with E-state index in [0.717, 1.165) is 11.3 Å². The number of rotatable bonds is 2. The summed E-state index contributed by atoms with van der Waals surface area (Å²) in [6, 6.07) is 14.7. The van der Waals surface area contributed by atoms with Gasteiger partial charge in [0.25, 0.3) is 11.5 Å². The van der Waals surface area contributed by atoms with Gasteiger partial charge in [0.1, 0.15) is 17.0 Å². The Kier molecular flexibility index (Phi) is 3.61. The van der Waals surface area contributed by atoms with Crippen LogP contribution in [-0.4, -0.2) is 26.9 Å². The summed E-state index contributed by atoms with van der Waals surface area (Å²) in [7, 11) is 3.48. The molecule has 1 aromatic carbocycles. The van der Waals surface area contributed by atoms with Crippen molar-refractivity contribution < 1.29 is 4.79 Å². The minimum atomic E-state index is -0.193. The fraction of sp³-hybridized carbons (Fsp3) is 0.150. The number of hydrogen-bond donors (Lipinski definition) is 0. The van der Waals surface area contributed by atoms with E-state index in [9.17, 15) is 9.59 Å².